The topological polar surface area (TPSA) is 56.7 Å². The Labute approximate surface area is 111 Å². The van der Waals surface area contributed by atoms with Crippen molar-refractivity contribution >= 4 is 17.5 Å². The van der Waals surface area contributed by atoms with Crippen LogP contribution in [0.5, 0.6) is 0 Å². The van der Waals surface area contributed by atoms with Crippen LogP contribution in [-0.2, 0) is 6.54 Å². The van der Waals surface area contributed by atoms with E-state index in [1.54, 1.807) is 0 Å². The van der Waals surface area contributed by atoms with Gasteiger partial charge >= 0.3 is 0 Å². The number of fused-ring (bicyclic) bond motifs is 1. The molecule has 2 heterocycles. The molecule has 2 N–H and O–H groups in total. The number of rotatable bonds is 1. The van der Waals surface area contributed by atoms with Crippen molar-refractivity contribution in [3.05, 3.63) is 40.7 Å². The van der Waals surface area contributed by atoms with Crippen LogP contribution in [0.15, 0.2) is 24.3 Å². The fourth-order valence-corrected chi connectivity index (χ4v) is 3.01. The van der Waals surface area contributed by atoms with Crippen LogP contribution in [0.1, 0.15) is 36.6 Å². The van der Waals surface area contributed by atoms with E-state index in [1.807, 2.05) is 22.9 Å². The largest absolute Gasteiger partial charge is 0.366 e. The highest BCUT2D eigenvalue weighted by molar-refractivity contribution is 6.31. The van der Waals surface area contributed by atoms with E-state index in [2.05, 4.69) is 23.1 Å². The minimum absolute atomic E-state index is 0.352. The molecule has 1 aromatic carbocycles. The van der Waals surface area contributed by atoms with Crippen LogP contribution in [0.2, 0.25) is 5.02 Å². The van der Waals surface area contributed by atoms with Crippen LogP contribution < -0.4 is 5.73 Å². The first-order valence-corrected chi connectivity index (χ1v) is 6.47. The summed E-state index contributed by atoms with van der Waals surface area (Å²) in [5.74, 6) is 2.07. The third kappa shape index (κ3) is 1.86. The Hall–Kier alpha value is -1.55. The molecule has 1 aliphatic rings. The molecule has 0 saturated heterocycles. The molecule has 3 rings (SSSR count). The Balaban J connectivity index is 1.97. The first kappa shape index (κ1) is 11.5. The van der Waals surface area contributed by atoms with Crippen molar-refractivity contribution in [1.82, 2.24) is 14.8 Å². The zero-order valence-corrected chi connectivity index (χ0v) is 10.9. The van der Waals surface area contributed by atoms with Crippen LogP contribution in [0.4, 0.5) is 5.95 Å². The second-order valence-electron chi connectivity index (χ2n) is 4.87. The van der Waals surface area contributed by atoms with E-state index in [4.69, 9.17) is 17.3 Å². The summed E-state index contributed by atoms with van der Waals surface area (Å²) in [6, 6.07) is 8.01. The summed E-state index contributed by atoms with van der Waals surface area (Å²) in [4.78, 5) is 4.28. The molecule has 0 aliphatic carbocycles. The molecule has 2 aromatic rings. The van der Waals surface area contributed by atoms with Gasteiger partial charge in [-0.2, -0.15) is 4.98 Å². The molecule has 18 heavy (non-hydrogen) atoms. The summed E-state index contributed by atoms with van der Waals surface area (Å²) >= 11 is 6.27. The lowest BCUT2D eigenvalue weighted by Crippen LogP contribution is -2.22. The van der Waals surface area contributed by atoms with Crippen molar-refractivity contribution in [2.45, 2.75) is 31.7 Å². The lowest BCUT2D eigenvalue weighted by molar-refractivity contribution is 0.383. The van der Waals surface area contributed by atoms with Gasteiger partial charge in [-0.05, 0) is 18.1 Å². The van der Waals surface area contributed by atoms with E-state index >= 15 is 0 Å². The summed E-state index contributed by atoms with van der Waals surface area (Å²) in [5, 5.41) is 5.07. The molecule has 0 radical (unpaired) electrons. The molecule has 0 saturated carbocycles. The molecule has 1 aromatic heterocycles. The van der Waals surface area contributed by atoms with E-state index in [9.17, 15) is 0 Å². The SMILES string of the molecule is CC1CC(c2ccccc2Cl)Cn2nc(N)nc21. The molecular formula is C13H15ClN4. The fourth-order valence-electron chi connectivity index (χ4n) is 2.72. The van der Waals surface area contributed by atoms with Gasteiger partial charge in [-0.25, -0.2) is 4.68 Å². The van der Waals surface area contributed by atoms with Crippen LogP contribution in [0.3, 0.4) is 0 Å². The monoisotopic (exact) mass is 262 g/mol. The number of halogens is 1. The highest BCUT2D eigenvalue weighted by atomic mass is 35.5. The molecule has 2 atom stereocenters. The van der Waals surface area contributed by atoms with Crippen molar-refractivity contribution in [2.75, 3.05) is 5.73 Å². The predicted octanol–water partition coefficient (Wildman–Crippen LogP) is 2.80. The average molecular weight is 263 g/mol. The van der Waals surface area contributed by atoms with E-state index in [1.165, 1.54) is 5.56 Å². The number of nitrogens with zero attached hydrogens (tertiary/aromatic N) is 3. The van der Waals surface area contributed by atoms with Crippen molar-refractivity contribution in [3.8, 4) is 0 Å². The van der Waals surface area contributed by atoms with Crippen LogP contribution in [0.25, 0.3) is 0 Å². The molecule has 0 amide bonds. The first-order valence-electron chi connectivity index (χ1n) is 6.10. The molecule has 4 nitrogen and oxygen atoms in total. The van der Waals surface area contributed by atoms with E-state index < -0.39 is 0 Å². The molecule has 0 spiro atoms. The van der Waals surface area contributed by atoms with Crippen molar-refractivity contribution in [1.29, 1.82) is 0 Å². The number of nitrogens with two attached hydrogens (primary N) is 1. The Bertz CT molecular complexity index is 578. The molecule has 2 unspecified atom stereocenters. The second-order valence-corrected chi connectivity index (χ2v) is 5.27. The van der Waals surface area contributed by atoms with Gasteiger partial charge in [-0.1, -0.05) is 36.7 Å². The van der Waals surface area contributed by atoms with E-state index in [0.29, 0.717) is 17.8 Å². The quantitative estimate of drug-likeness (QED) is 0.860. The normalized spacial score (nSPS) is 22.8. The fraction of sp³-hybridized carbons (Fsp3) is 0.385. The Morgan fingerprint density at radius 1 is 1.39 bits per heavy atom. The maximum atomic E-state index is 6.27. The Morgan fingerprint density at radius 3 is 2.94 bits per heavy atom. The van der Waals surface area contributed by atoms with Gasteiger partial charge in [0.1, 0.15) is 5.82 Å². The van der Waals surface area contributed by atoms with Crippen LogP contribution in [0, 0.1) is 0 Å². The zero-order chi connectivity index (χ0) is 12.7. The van der Waals surface area contributed by atoms with Crippen LogP contribution >= 0.6 is 11.6 Å². The van der Waals surface area contributed by atoms with Gasteiger partial charge in [0, 0.05) is 16.9 Å². The lowest BCUT2D eigenvalue weighted by atomic mass is 9.86. The Morgan fingerprint density at radius 2 is 2.17 bits per heavy atom. The zero-order valence-electron chi connectivity index (χ0n) is 10.2. The summed E-state index contributed by atoms with van der Waals surface area (Å²) in [6.07, 6.45) is 1.03. The van der Waals surface area contributed by atoms with Gasteiger partial charge in [0.05, 0.1) is 6.54 Å². The number of hydrogen-bond acceptors (Lipinski definition) is 3. The highest BCUT2D eigenvalue weighted by Gasteiger charge is 2.28. The van der Waals surface area contributed by atoms with Gasteiger partial charge in [0.25, 0.3) is 0 Å². The third-order valence-electron chi connectivity index (χ3n) is 3.53. The van der Waals surface area contributed by atoms with Gasteiger partial charge in [-0.15, -0.1) is 5.10 Å². The maximum absolute atomic E-state index is 6.27. The molecule has 94 valence electrons. The maximum Gasteiger partial charge on any atom is 0.239 e. The average Bonchev–Trinajstić information content (AvgIpc) is 2.71. The van der Waals surface area contributed by atoms with Crippen molar-refractivity contribution in [2.24, 2.45) is 0 Å². The summed E-state index contributed by atoms with van der Waals surface area (Å²) in [7, 11) is 0. The number of anilines is 1. The second kappa shape index (κ2) is 4.28. The van der Waals surface area contributed by atoms with E-state index in [0.717, 1.165) is 23.8 Å². The predicted molar refractivity (Wildman–Crippen MR) is 71.7 cm³/mol. The molecule has 0 fully saturated rings. The van der Waals surface area contributed by atoms with Gasteiger partial charge < -0.3 is 5.73 Å². The molecule has 0 bridgehead atoms. The van der Waals surface area contributed by atoms with Crippen molar-refractivity contribution in [3.63, 3.8) is 0 Å². The first-order chi connectivity index (χ1) is 8.65. The van der Waals surface area contributed by atoms with Crippen molar-refractivity contribution < 1.29 is 0 Å². The lowest BCUT2D eigenvalue weighted by Gasteiger charge is -2.27. The Kier molecular flexibility index (Phi) is 2.74. The molecule has 5 heteroatoms. The minimum Gasteiger partial charge on any atom is -0.366 e. The van der Waals surface area contributed by atoms with E-state index in [-0.39, 0.29) is 0 Å². The van der Waals surface area contributed by atoms with Gasteiger partial charge in [-0.3, -0.25) is 0 Å². The smallest absolute Gasteiger partial charge is 0.239 e. The number of nitrogen functional groups attached to an aromatic ring is 1. The summed E-state index contributed by atoms with van der Waals surface area (Å²) < 4.78 is 1.91. The number of hydrogen-bond donors (Lipinski definition) is 1. The van der Waals surface area contributed by atoms with Gasteiger partial charge in [0.15, 0.2) is 0 Å². The van der Waals surface area contributed by atoms with Crippen LogP contribution in [-0.4, -0.2) is 14.8 Å². The standard InChI is InChI=1S/C13H15ClN4/c1-8-6-9(10-4-2-3-5-11(10)14)7-18-12(8)16-13(15)17-18/h2-5,8-9H,6-7H2,1H3,(H2,15,17). The number of aromatic nitrogens is 3. The van der Waals surface area contributed by atoms with Gasteiger partial charge in [0.2, 0.25) is 5.95 Å². The summed E-state index contributed by atoms with van der Waals surface area (Å²) in [6.45, 7) is 2.95. The molecular weight excluding hydrogens is 248 g/mol. The summed E-state index contributed by atoms with van der Waals surface area (Å²) in [5.41, 5.74) is 6.85. The minimum atomic E-state index is 0.352. The highest BCUT2D eigenvalue weighted by Crippen LogP contribution is 2.37. The third-order valence-corrected chi connectivity index (χ3v) is 3.88. The molecule has 1 aliphatic heterocycles. The number of benzene rings is 1.